The maximum atomic E-state index is 13.8. The second kappa shape index (κ2) is 10.2. The maximum absolute atomic E-state index is 13.8. The molecule has 0 amide bonds. The molecule has 0 radical (unpaired) electrons. The van der Waals surface area contributed by atoms with Crippen molar-refractivity contribution in [3.8, 4) is 5.69 Å². The number of aliphatic hydroxyl groups excluding tert-OH is 1. The third kappa shape index (κ3) is 5.05. The summed E-state index contributed by atoms with van der Waals surface area (Å²) in [6.07, 6.45) is 6.74. The van der Waals surface area contributed by atoms with Crippen LogP contribution in [0.5, 0.6) is 0 Å². The molecule has 4 aromatic rings. The molecule has 5 rings (SSSR count). The zero-order valence-corrected chi connectivity index (χ0v) is 19.3. The van der Waals surface area contributed by atoms with Gasteiger partial charge in [0.2, 0.25) is 5.95 Å². The fraction of sp³-hybridized carbons (Fsp3) is 0.240. The van der Waals surface area contributed by atoms with Gasteiger partial charge in [-0.05, 0) is 41.8 Å². The molecule has 0 aliphatic carbocycles. The average Bonchev–Trinajstić information content (AvgIpc) is 3.55. The van der Waals surface area contributed by atoms with E-state index in [1.165, 1.54) is 12.1 Å². The number of hydrogen-bond donors (Lipinski definition) is 3. The minimum absolute atomic E-state index is 0.0344. The van der Waals surface area contributed by atoms with Crippen LogP contribution in [0.2, 0.25) is 0 Å². The van der Waals surface area contributed by atoms with E-state index in [1.807, 2.05) is 29.0 Å². The van der Waals surface area contributed by atoms with E-state index < -0.39 is 0 Å². The van der Waals surface area contributed by atoms with E-state index in [4.69, 9.17) is 9.97 Å². The van der Waals surface area contributed by atoms with Gasteiger partial charge in [0.15, 0.2) is 0 Å². The van der Waals surface area contributed by atoms with Crippen molar-refractivity contribution in [2.45, 2.75) is 30.3 Å². The molecule has 1 unspecified atom stereocenters. The van der Waals surface area contributed by atoms with E-state index in [9.17, 15) is 9.50 Å². The summed E-state index contributed by atoms with van der Waals surface area (Å²) in [7, 11) is 0. The molecule has 174 valence electrons. The molecule has 2 aromatic heterocycles. The van der Waals surface area contributed by atoms with Crippen LogP contribution in [0.15, 0.2) is 72.1 Å². The third-order valence-electron chi connectivity index (χ3n) is 5.67. The summed E-state index contributed by atoms with van der Waals surface area (Å²) in [5.41, 5.74) is 3.91. The molecule has 3 heterocycles. The van der Waals surface area contributed by atoms with Crippen LogP contribution in [0.3, 0.4) is 0 Å². The predicted octanol–water partition coefficient (Wildman–Crippen LogP) is 4.60. The number of halogens is 1. The lowest BCUT2D eigenvalue weighted by molar-refractivity contribution is 0.279. The molecule has 3 N–H and O–H groups in total. The fourth-order valence-electron chi connectivity index (χ4n) is 4.01. The summed E-state index contributed by atoms with van der Waals surface area (Å²) in [6.45, 7) is 0.573. The molecule has 0 bridgehead atoms. The zero-order valence-electron chi connectivity index (χ0n) is 18.5. The normalized spacial score (nSPS) is 13.5. The van der Waals surface area contributed by atoms with Crippen molar-refractivity contribution < 1.29 is 9.50 Å². The van der Waals surface area contributed by atoms with Gasteiger partial charge in [-0.1, -0.05) is 24.3 Å². The van der Waals surface area contributed by atoms with Crippen molar-refractivity contribution in [1.82, 2.24) is 19.5 Å². The minimum atomic E-state index is -0.311. The smallest absolute Gasteiger partial charge is 0.225 e. The van der Waals surface area contributed by atoms with E-state index in [-0.39, 0.29) is 18.5 Å². The van der Waals surface area contributed by atoms with Gasteiger partial charge in [0.1, 0.15) is 11.6 Å². The van der Waals surface area contributed by atoms with Crippen LogP contribution in [0, 0.1) is 5.82 Å². The largest absolute Gasteiger partial charge is 0.396 e. The first-order chi connectivity index (χ1) is 16.7. The van der Waals surface area contributed by atoms with E-state index >= 15 is 0 Å². The SMILES string of the molecule is OCCC(Nc1nc2c(c(NCc3cccc(-n4ccnc4)c3)n1)SCC2)c1cccc(F)c1. The minimum Gasteiger partial charge on any atom is -0.396 e. The molecule has 9 heteroatoms. The lowest BCUT2D eigenvalue weighted by atomic mass is 10.0. The first-order valence-electron chi connectivity index (χ1n) is 11.2. The summed E-state index contributed by atoms with van der Waals surface area (Å²) < 4.78 is 15.8. The molecule has 0 saturated heterocycles. The highest BCUT2D eigenvalue weighted by molar-refractivity contribution is 7.99. The van der Waals surface area contributed by atoms with Crippen LogP contribution in [0.4, 0.5) is 16.2 Å². The van der Waals surface area contributed by atoms with E-state index in [0.29, 0.717) is 18.9 Å². The Labute approximate surface area is 201 Å². The number of anilines is 2. The van der Waals surface area contributed by atoms with Crippen LogP contribution in [-0.4, -0.2) is 37.0 Å². The van der Waals surface area contributed by atoms with Gasteiger partial charge in [-0.15, -0.1) is 11.8 Å². The predicted molar refractivity (Wildman–Crippen MR) is 132 cm³/mol. The molecule has 2 aromatic carbocycles. The molecule has 34 heavy (non-hydrogen) atoms. The van der Waals surface area contributed by atoms with Crippen LogP contribution >= 0.6 is 11.8 Å². The Morgan fingerprint density at radius 2 is 2.06 bits per heavy atom. The number of aliphatic hydroxyl groups is 1. The van der Waals surface area contributed by atoms with Crippen molar-refractivity contribution in [3.05, 3.63) is 89.9 Å². The van der Waals surface area contributed by atoms with Gasteiger partial charge in [0, 0.05) is 43.4 Å². The fourth-order valence-corrected chi connectivity index (χ4v) is 5.08. The molecule has 0 saturated carbocycles. The second-order valence-corrected chi connectivity index (χ2v) is 9.13. The number of aromatic nitrogens is 4. The van der Waals surface area contributed by atoms with Crippen molar-refractivity contribution in [2.24, 2.45) is 0 Å². The summed E-state index contributed by atoms with van der Waals surface area (Å²) in [6, 6.07) is 14.3. The number of nitrogens with zero attached hydrogens (tertiary/aromatic N) is 4. The second-order valence-electron chi connectivity index (χ2n) is 8.03. The molecule has 1 aliphatic heterocycles. The molecule has 1 atom stereocenters. The van der Waals surface area contributed by atoms with Gasteiger partial charge in [-0.2, -0.15) is 4.98 Å². The zero-order chi connectivity index (χ0) is 23.3. The summed E-state index contributed by atoms with van der Waals surface area (Å²) in [5.74, 6) is 1.90. The summed E-state index contributed by atoms with van der Waals surface area (Å²) in [5, 5.41) is 16.4. The van der Waals surface area contributed by atoms with Crippen molar-refractivity contribution in [1.29, 1.82) is 0 Å². The van der Waals surface area contributed by atoms with Crippen LogP contribution in [0.1, 0.15) is 29.3 Å². The number of hydrogen-bond acceptors (Lipinski definition) is 7. The van der Waals surface area contributed by atoms with Crippen LogP contribution in [-0.2, 0) is 13.0 Å². The van der Waals surface area contributed by atoms with E-state index in [2.05, 4.69) is 27.8 Å². The number of rotatable bonds is 9. The lowest BCUT2D eigenvalue weighted by Gasteiger charge is -2.20. The quantitative estimate of drug-likeness (QED) is 0.325. The van der Waals surface area contributed by atoms with Gasteiger partial charge < -0.3 is 20.3 Å². The highest BCUT2D eigenvalue weighted by Crippen LogP contribution is 2.37. The third-order valence-corrected chi connectivity index (χ3v) is 6.79. The summed E-state index contributed by atoms with van der Waals surface area (Å²) >= 11 is 1.75. The van der Waals surface area contributed by atoms with E-state index in [1.54, 1.807) is 30.4 Å². The Kier molecular flexibility index (Phi) is 6.73. The summed E-state index contributed by atoms with van der Waals surface area (Å²) in [4.78, 5) is 14.7. The number of imidazole rings is 1. The maximum Gasteiger partial charge on any atom is 0.225 e. The van der Waals surface area contributed by atoms with Gasteiger partial charge in [-0.25, -0.2) is 14.4 Å². The van der Waals surface area contributed by atoms with Crippen LogP contribution in [0.25, 0.3) is 5.69 Å². The number of fused-ring (bicyclic) bond motifs is 1. The van der Waals surface area contributed by atoms with Gasteiger partial charge in [0.05, 0.1) is 23.0 Å². The van der Waals surface area contributed by atoms with Gasteiger partial charge in [0.25, 0.3) is 0 Å². The molecule has 7 nitrogen and oxygen atoms in total. The van der Waals surface area contributed by atoms with Gasteiger partial charge in [-0.3, -0.25) is 0 Å². The standard InChI is InChI=1S/C25H25FN6OS/c26-19-5-2-4-18(14-19)21(7-11-33)29-25-30-22-8-12-34-23(22)24(31-25)28-15-17-3-1-6-20(13-17)32-10-9-27-16-32/h1-6,9-10,13-14,16,21,33H,7-8,11-12,15H2,(H2,28,29,30,31). The van der Waals surface area contributed by atoms with Crippen molar-refractivity contribution in [3.63, 3.8) is 0 Å². The first-order valence-corrected chi connectivity index (χ1v) is 12.2. The Morgan fingerprint density at radius 1 is 1.15 bits per heavy atom. The number of thioether (sulfide) groups is 1. The highest BCUT2D eigenvalue weighted by atomic mass is 32.2. The van der Waals surface area contributed by atoms with E-state index in [0.717, 1.165) is 45.4 Å². The number of nitrogens with one attached hydrogen (secondary N) is 2. The Bertz CT molecular complexity index is 1270. The Hall–Kier alpha value is -3.43. The van der Waals surface area contributed by atoms with Crippen LogP contribution < -0.4 is 10.6 Å². The molecule has 1 aliphatic rings. The first kappa shape index (κ1) is 22.4. The molecular weight excluding hydrogens is 451 g/mol. The average molecular weight is 477 g/mol. The Morgan fingerprint density at radius 3 is 2.88 bits per heavy atom. The molecule has 0 fully saturated rings. The van der Waals surface area contributed by atoms with Gasteiger partial charge >= 0.3 is 0 Å². The Balaban J connectivity index is 1.37. The number of benzene rings is 2. The molecule has 0 spiro atoms. The molecular formula is C25H25FN6OS. The lowest BCUT2D eigenvalue weighted by Crippen LogP contribution is -2.16. The van der Waals surface area contributed by atoms with Crippen molar-refractivity contribution in [2.75, 3.05) is 23.0 Å². The monoisotopic (exact) mass is 476 g/mol. The number of aryl methyl sites for hydroxylation is 1. The van der Waals surface area contributed by atoms with Crippen molar-refractivity contribution >= 4 is 23.5 Å². The highest BCUT2D eigenvalue weighted by Gasteiger charge is 2.22. The topological polar surface area (TPSA) is 87.9 Å².